The molecule has 1 aliphatic rings. The number of nitrogens with zero attached hydrogens (tertiary/aromatic N) is 3. The van der Waals surface area contributed by atoms with Gasteiger partial charge in [0.25, 0.3) is 5.89 Å². The molecular formula is C20H22ClN3O3. The number of benzene rings is 2. The number of halogens is 1. The fraction of sp³-hybridized carbons (Fsp3) is 0.400. The molecule has 1 aliphatic heterocycles. The van der Waals surface area contributed by atoms with Crippen LogP contribution in [0.2, 0.25) is 0 Å². The van der Waals surface area contributed by atoms with E-state index in [4.69, 9.17) is 20.9 Å². The van der Waals surface area contributed by atoms with E-state index in [1.165, 1.54) is 19.3 Å². The van der Waals surface area contributed by atoms with E-state index in [1.807, 2.05) is 36.4 Å². The minimum atomic E-state index is -0.608. The van der Waals surface area contributed by atoms with Crippen molar-refractivity contribution in [3.63, 3.8) is 0 Å². The summed E-state index contributed by atoms with van der Waals surface area (Å²) in [6.45, 7) is 2.72. The highest BCUT2D eigenvalue weighted by molar-refractivity contribution is 6.68. The molecule has 0 bridgehead atoms. The zero-order valence-electron chi connectivity index (χ0n) is 15.0. The maximum Gasteiger partial charge on any atom is 0.261 e. The lowest BCUT2D eigenvalue weighted by molar-refractivity contribution is 0.0160. The predicted molar refractivity (Wildman–Crippen MR) is 106 cm³/mol. The molecule has 0 spiro atoms. The molecular weight excluding hydrogens is 366 g/mol. The molecule has 7 heteroatoms. The second-order valence-corrected chi connectivity index (χ2v) is 7.20. The highest BCUT2D eigenvalue weighted by Gasteiger charge is 2.16. The van der Waals surface area contributed by atoms with Gasteiger partial charge >= 0.3 is 0 Å². The quantitative estimate of drug-likeness (QED) is 0.515. The third-order valence-corrected chi connectivity index (χ3v) is 5.02. The number of β-amino-alcohol motifs (C(OH)–C–C–N with tert-alkyl or cyclic N) is 1. The molecule has 1 saturated heterocycles. The molecule has 1 atom stereocenters. The number of piperidine rings is 1. The molecule has 1 unspecified atom stereocenters. The summed E-state index contributed by atoms with van der Waals surface area (Å²) < 4.78 is 5.69. The Morgan fingerprint density at radius 1 is 1.22 bits per heavy atom. The van der Waals surface area contributed by atoms with Gasteiger partial charge in [-0.2, -0.15) is 0 Å². The normalized spacial score (nSPS) is 17.5. The summed E-state index contributed by atoms with van der Waals surface area (Å²) in [6, 6.07) is 11.8. The number of aromatic nitrogens is 1. The number of rotatable bonds is 6. The van der Waals surface area contributed by atoms with Crippen LogP contribution in [-0.2, 0) is 4.84 Å². The van der Waals surface area contributed by atoms with E-state index in [1.54, 1.807) is 0 Å². The number of hydrogen-bond donors (Lipinski definition) is 1. The van der Waals surface area contributed by atoms with E-state index in [9.17, 15) is 5.11 Å². The van der Waals surface area contributed by atoms with E-state index in [0.29, 0.717) is 12.1 Å². The summed E-state index contributed by atoms with van der Waals surface area (Å²) in [4.78, 5) is 11.9. The largest absolute Gasteiger partial charge is 0.434 e. The molecule has 3 aromatic rings. The third kappa shape index (κ3) is 4.24. The average Bonchev–Trinajstić information content (AvgIpc) is 3.14. The Morgan fingerprint density at radius 3 is 2.89 bits per heavy atom. The van der Waals surface area contributed by atoms with Crippen molar-refractivity contribution in [1.29, 1.82) is 0 Å². The van der Waals surface area contributed by atoms with Crippen molar-refractivity contribution in [3.05, 3.63) is 42.3 Å². The Hall–Kier alpha value is -2.15. The van der Waals surface area contributed by atoms with Gasteiger partial charge in [-0.1, -0.05) is 53.5 Å². The van der Waals surface area contributed by atoms with Gasteiger partial charge in [0.05, 0.1) is 0 Å². The lowest BCUT2D eigenvalue weighted by atomic mass is 10.1. The lowest BCUT2D eigenvalue weighted by Crippen LogP contribution is -2.38. The fourth-order valence-electron chi connectivity index (χ4n) is 3.46. The number of hydrogen-bond acceptors (Lipinski definition) is 6. The molecule has 6 nitrogen and oxygen atoms in total. The highest BCUT2D eigenvalue weighted by Crippen LogP contribution is 2.26. The molecule has 27 heavy (non-hydrogen) atoms. The second kappa shape index (κ2) is 8.25. The molecule has 1 N–H and O–H groups in total. The van der Waals surface area contributed by atoms with Crippen molar-refractivity contribution in [1.82, 2.24) is 9.88 Å². The minimum absolute atomic E-state index is 0.0282. The first-order valence-corrected chi connectivity index (χ1v) is 9.63. The predicted octanol–water partition coefficient (Wildman–Crippen LogP) is 3.74. The Labute approximate surface area is 162 Å². The zero-order chi connectivity index (χ0) is 18.6. The maximum absolute atomic E-state index is 10.1. The molecule has 0 saturated carbocycles. The molecule has 2 heterocycles. The van der Waals surface area contributed by atoms with Crippen LogP contribution in [0.1, 0.15) is 25.2 Å². The van der Waals surface area contributed by atoms with Gasteiger partial charge in [0, 0.05) is 11.9 Å². The van der Waals surface area contributed by atoms with Gasteiger partial charge in [0.2, 0.25) is 5.17 Å². The Kier molecular flexibility index (Phi) is 5.57. The van der Waals surface area contributed by atoms with Crippen LogP contribution in [0, 0.1) is 0 Å². The molecule has 2 aromatic carbocycles. The number of likely N-dealkylation sites (tertiary alicyclic amines) is 1. The van der Waals surface area contributed by atoms with Crippen molar-refractivity contribution < 1.29 is 14.4 Å². The van der Waals surface area contributed by atoms with Crippen molar-refractivity contribution in [2.24, 2.45) is 5.16 Å². The third-order valence-electron chi connectivity index (χ3n) is 4.79. The molecule has 142 valence electrons. The Bertz CT molecular complexity index is 950. The first-order valence-electron chi connectivity index (χ1n) is 9.25. The van der Waals surface area contributed by atoms with Crippen LogP contribution in [0.15, 0.2) is 46.0 Å². The van der Waals surface area contributed by atoms with E-state index >= 15 is 0 Å². The standard InChI is InChI=1S/C20H22ClN3O3/c21-19(23-26-13-15(25)12-24-10-4-1-5-11-24)20-22-18-16-7-3-2-6-14(16)8-9-17(18)27-20/h2-3,6-9,15,25H,1,4-5,10-13H2/b23-19-. The fourth-order valence-corrected chi connectivity index (χ4v) is 3.59. The molecule has 1 aromatic heterocycles. The van der Waals surface area contributed by atoms with Gasteiger partial charge in [-0.15, -0.1) is 0 Å². The van der Waals surface area contributed by atoms with Crippen molar-refractivity contribution in [2.75, 3.05) is 26.2 Å². The van der Waals surface area contributed by atoms with Crippen LogP contribution in [-0.4, -0.2) is 52.5 Å². The number of aliphatic hydroxyl groups excluding tert-OH is 1. The van der Waals surface area contributed by atoms with Gasteiger partial charge in [-0.25, -0.2) is 4.98 Å². The van der Waals surface area contributed by atoms with Gasteiger partial charge < -0.3 is 19.3 Å². The maximum atomic E-state index is 10.1. The number of oxazole rings is 1. The Balaban J connectivity index is 1.41. The summed E-state index contributed by atoms with van der Waals surface area (Å²) in [5, 5.41) is 16.0. The average molecular weight is 388 g/mol. The molecule has 4 rings (SSSR count). The van der Waals surface area contributed by atoms with Crippen molar-refractivity contribution in [2.45, 2.75) is 25.4 Å². The summed E-state index contributed by atoms with van der Waals surface area (Å²) in [7, 11) is 0. The molecule has 0 amide bonds. The topological polar surface area (TPSA) is 71.1 Å². The summed E-state index contributed by atoms with van der Waals surface area (Å²) in [5.41, 5.74) is 1.38. The van der Waals surface area contributed by atoms with E-state index in [0.717, 1.165) is 29.4 Å². The number of aliphatic hydroxyl groups is 1. The second-order valence-electron chi connectivity index (χ2n) is 6.85. The molecule has 0 aliphatic carbocycles. The van der Waals surface area contributed by atoms with Crippen LogP contribution in [0.3, 0.4) is 0 Å². The van der Waals surface area contributed by atoms with Crippen molar-refractivity contribution in [3.8, 4) is 0 Å². The van der Waals surface area contributed by atoms with Crippen LogP contribution in [0.5, 0.6) is 0 Å². The van der Waals surface area contributed by atoms with E-state index in [2.05, 4.69) is 15.0 Å². The smallest absolute Gasteiger partial charge is 0.261 e. The summed E-state index contributed by atoms with van der Waals surface area (Å²) >= 11 is 6.18. The SMILES string of the molecule is OC(CO/N=C(\Cl)c1nc2c(ccc3ccccc32)o1)CN1CCCCC1. The van der Waals surface area contributed by atoms with Crippen LogP contribution < -0.4 is 0 Å². The van der Waals surface area contributed by atoms with E-state index in [-0.39, 0.29) is 17.7 Å². The van der Waals surface area contributed by atoms with Crippen LogP contribution >= 0.6 is 11.6 Å². The molecule has 0 radical (unpaired) electrons. The molecule has 1 fully saturated rings. The van der Waals surface area contributed by atoms with E-state index < -0.39 is 6.10 Å². The summed E-state index contributed by atoms with van der Waals surface area (Å²) in [6.07, 6.45) is 3.03. The van der Waals surface area contributed by atoms with Crippen LogP contribution in [0.25, 0.3) is 21.9 Å². The summed E-state index contributed by atoms with van der Waals surface area (Å²) in [5.74, 6) is 0.202. The van der Waals surface area contributed by atoms with Crippen molar-refractivity contribution >= 4 is 38.6 Å². The van der Waals surface area contributed by atoms with Gasteiger partial charge in [-0.05, 0) is 37.4 Å². The lowest BCUT2D eigenvalue weighted by Gasteiger charge is -2.27. The zero-order valence-corrected chi connectivity index (χ0v) is 15.7. The number of oxime groups is 1. The Morgan fingerprint density at radius 2 is 2.04 bits per heavy atom. The first-order chi connectivity index (χ1) is 13.2. The van der Waals surface area contributed by atoms with Crippen LogP contribution in [0.4, 0.5) is 0 Å². The monoisotopic (exact) mass is 387 g/mol. The van der Waals surface area contributed by atoms with Gasteiger partial charge in [0.15, 0.2) is 5.58 Å². The minimum Gasteiger partial charge on any atom is -0.434 e. The first kappa shape index (κ1) is 18.2. The highest BCUT2D eigenvalue weighted by atomic mass is 35.5. The van der Waals surface area contributed by atoms with Gasteiger partial charge in [0.1, 0.15) is 18.2 Å². The number of fused-ring (bicyclic) bond motifs is 3. The van der Waals surface area contributed by atoms with Gasteiger partial charge in [-0.3, -0.25) is 0 Å².